The van der Waals surface area contributed by atoms with Gasteiger partial charge in [-0.25, -0.2) is 4.79 Å². The second-order valence-corrected chi connectivity index (χ2v) is 7.61. The fraction of sp³-hybridized carbons (Fsp3) is 0.368. The van der Waals surface area contributed by atoms with Crippen molar-refractivity contribution in [1.82, 2.24) is 5.32 Å². The van der Waals surface area contributed by atoms with E-state index in [4.69, 9.17) is 4.74 Å². The van der Waals surface area contributed by atoms with Crippen LogP contribution in [0.2, 0.25) is 0 Å². The molecule has 1 fully saturated rings. The van der Waals surface area contributed by atoms with E-state index in [0.717, 1.165) is 29.9 Å². The van der Waals surface area contributed by atoms with Gasteiger partial charge in [-0.3, -0.25) is 4.79 Å². The molecule has 1 aliphatic rings. The molecule has 7 heteroatoms. The maximum absolute atomic E-state index is 12.3. The van der Waals surface area contributed by atoms with Crippen LogP contribution in [0.15, 0.2) is 30.3 Å². The van der Waals surface area contributed by atoms with Crippen molar-refractivity contribution in [3.8, 4) is 0 Å². The minimum Gasteiger partial charge on any atom is -0.376 e. The van der Waals surface area contributed by atoms with E-state index in [-0.39, 0.29) is 18.0 Å². The van der Waals surface area contributed by atoms with Crippen molar-refractivity contribution in [2.24, 2.45) is 0 Å². The molecule has 3 rings (SSSR count). The topological polar surface area (TPSA) is 79.5 Å². The van der Waals surface area contributed by atoms with Crippen molar-refractivity contribution >= 4 is 34.6 Å². The van der Waals surface area contributed by atoms with Crippen molar-refractivity contribution in [3.63, 3.8) is 0 Å². The number of urea groups is 1. The number of hydrogen-bond donors (Lipinski definition) is 3. The number of anilines is 2. The predicted octanol–water partition coefficient (Wildman–Crippen LogP) is 3.92. The molecule has 26 heavy (non-hydrogen) atoms. The van der Waals surface area contributed by atoms with E-state index in [1.54, 1.807) is 24.3 Å². The number of carbonyl (C=O) groups excluding carboxylic acids is 2. The Kier molecular flexibility index (Phi) is 5.90. The molecule has 0 radical (unpaired) electrons. The van der Waals surface area contributed by atoms with Crippen LogP contribution in [0, 0.1) is 13.8 Å². The van der Waals surface area contributed by atoms with Gasteiger partial charge in [-0.15, -0.1) is 11.3 Å². The van der Waals surface area contributed by atoms with Crippen molar-refractivity contribution < 1.29 is 14.3 Å². The highest BCUT2D eigenvalue weighted by atomic mass is 32.1. The van der Waals surface area contributed by atoms with E-state index in [1.807, 2.05) is 19.9 Å². The van der Waals surface area contributed by atoms with Gasteiger partial charge in [0.15, 0.2) is 0 Å². The van der Waals surface area contributed by atoms with Crippen LogP contribution in [0.1, 0.15) is 33.0 Å². The number of ether oxygens (including phenoxy) is 1. The Balaban J connectivity index is 1.49. The summed E-state index contributed by atoms with van der Waals surface area (Å²) in [6, 6.07) is 8.67. The Hall–Kier alpha value is -2.38. The summed E-state index contributed by atoms with van der Waals surface area (Å²) in [7, 11) is 0. The third-order valence-corrected chi connectivity index (χ3v) is 5.46. The Labute approximate surface area is 156 Å². The number of hydrogen-bond acceptors (Lipinski definition) is 4. The molecule has 3 amide bonds. The SMILES string of the molecule is Cc1cc(C(=O)Nc2ccc(NC(=O)NCC3CCCO3)cc2)sc1C. The van der Waals surface area contributed by atoms with Crippen molar-refractivity contribution in [3.05, 3.63) is 45.6 Å². The molecule has 1 atom stereocenters. The Bertz CT molecular complexity index is 760. The van der Waals surface area contributed by atoms with Crippen LogP contribution in [-0.4, -0.2) is 31.2 Å². The second kappa shape index (κ2) is 8.33. The molecule has 138 valence electrons. The highest BCUT2D eigenvalue weighted by Crippen LogP contribution is 2.22. The monoisotopic (exact) mass is 373 g/mol. The number of thiophene rings is 1. The summed E-state index contributed by atoms with van der Waals surface area (Å²) < 4.78 is 5.47. The first-order chi connectivity index (χ1) is 12.5. The smallest absolute Gasteiger partial charge is 0.319 e. The van der Waals surface area contributed by atoms with Gasteiger partial charge in [-0.05, 0) is 62.6 Å². The lowest BCUT2D eigenvalue weighted by Crippen LogP contribution is -2.35. The largest absolute Gasteiger partial charge is 0.376 e. The maximum Gasteiger partial charge on any atom is 0.319 e. The maximum atomic E-state index is 12.3. The lowest BCUT2D eigenvalue weighted by atomic mass is 10.2. The Morgan fingerprint density at radius 2 is 1.85 bits per heavy atom. The van der Waals surface area contributed by atoms with E-state index < -0.39 is 0 Å². The third-order valence-electron chi connectivity index (χ3n) is 4.30. The molecule has 1 aromatic carbocycles. The molecule has 6 nitrogen and oxygen atoms in total. The molecule has 0 aliphatic carbocycles. The zero-order valence-corrected chi connectivity index (χ0v) is 15.7. The van der Waals surface area contributed by atoms with Gasteiger partial charge < -0.3 is 20.7 Å². The molecular weight excluding hydrogens is 350 g/mol. The van der Waals surface area contributed by atoms with Gasteiger partial charge in [-0.1, -0.05) is 0 Å². The summed E-state index contributed by atoms with van der Waals surface area (Å²) in [5, 5.41) is 8.45. The average molecular weight is 373 g/mol. The molecule has 3 N–H and O–H groups in total. The number of benzene rings is 1. The molecule has 1 saturated heterocycles. The molecule has 1 aromatic heterocycles. The van der Waals surface area contributed by atoms with Crippen LogP contribution in [0.25, 0.3) is 0 Å². The summed E-state index contributed by atoms with van der Waals surface area (Å²) in [5.74, 6) is -0.124. The van der Waals surface area contributed by atoms with Gasteiger partial charge in [0.05, 0.1) is 11.0 Å². The third kappa shape index (κ3) is 4.83. The fourth-order valence-corrected chi connectivity index (χ4v) is 3.63. The fourth-order valence-electron chi connectivity index (χ4n) is 2.70. The summed E-state index contributed by atoms with van der Waals surface area (Å²) >= 11 is 1.48. The minimum atomic E-state index is -0.262. The summed E-state index contributed by atoms with van der Waals surface area (Å²) in [6.45, 7) is 5.28. The number of rotatable bonds is 5. The number of carbonyl (C=O) groups is 2. The van der Waals surface area contributed by atoms with Crippen molar-refractivity contribution in [1.29, 1.82) is 0 Å². The lowest BCUT2D eigenvalue weighted by Gasteiger charge is -2.12. The quantitative estimate of drug-likeness (QED) is 0.743. The van der Waals surface area contributed by atoms with E-state index in [0.29, 0.717) is 22.8 Å². The van der Waals surface area contributed by atoms with Crippen molar-refractivity contribution in [2.75, 3.05) is 23.8 Å². The molecule has 2 aromatic rings. The van der Waals surface area contributed by atoms with Gasteiger partial charge in [0.25, 0.3) is 5.91 Å². The highest BCUT2D eigenvalue weighted by Gasteiger charge is 2.16. The van der Waals surface area contributed by atoms with Gasteiger partial charge in [0, 0.05) is 29.4 Å². The van der Waals surface area contributed by atoms with Gasteiger partial charge in [-0.2, -0.15) is 0 Å². The molecule has 1 unspecified atom stereocenters. The van der Waals surface area contributed by atoms with Crippen LogP contribution in [0.3, 0.4) is 0 Å². The van der Waals surface area contributed by atoms with E-state index >= 15 is 0 Å². The number of nitrogens with one attached hydrogen (secondary N) is 3. The highest BCUT2D eigenvalue weighted by molar-refractivity contribution is 7.14. The van der Waals surface area contributed by atoms with Crippen LogP contribution < -0.4 is 16.0 Å². The average Bonchev–Trinajstić information content (AvgIpc) is 3.25. The van der Waals surface area contributed by atoms with E-state index in [2.05, 4.69) is 16.0 Å². The van der Waals surface area contributed by atoms with Gasteiger partial charge in [0.2, 0.25) is 0 Å². The van der Waals surface area contributed by atoms with Gasteiger partial charge >= 0.3 is 6.03 Å². The first-order valence-corrected chi connectivity index (χ1v) is 9.48. The normalized spacial score (nSPS) is 16.3. The minimum absolute atomic E-state index is 0.114. The Morgan fingerprint density at radius 3 is 2.42 bits per heavy atom. The number of aryl methyl sites for hydroxylation is 2. The number of amides is 3. The molecule has 1 aliphatic heterocycles. The molecular formula is C19H23N3O3S. The van der Waals surface area contributed by atoms with Crippen LogP contribution >= 0.6 is 11.3 Å². The summed E-state index contributed by atoms with van der Waals surface area (Å²) in [5.41, 5.74) is 2.47. The standard InChI is InChI=1S/C19H23N3O3S/c1-12-10-17(26-13(12)2)18(23)21-14-5-7-15(8-6-14)22-19(24)20-11-16-4-3-9-25-16/h5-8,10,16H,3-4,9,11H2,1-2H3,(H,21,23)(H2,20,22,24). The summed E-state index contributed by atoms with van der Waals surface area (Å²) in [4.78, 5) is 26.0. The second-order valence-electron chi connectivity index (χ2n) is 6.35. The zero-order chi connectivity index (χ0) is 18.5. The summed E-state index contributed by atoms with van der Waals surface area (Å²) in [6.07, 6.45) is 2.15. The lowest BCUT2D eigenvalue weighted by molar-refractivity contribution is 0.103. The molecule has 2 heterocycles. The molecule has 0 bridgehead atoms. The van der Waals surface area contributed by atoms with Crippen LogP contribution in [0.4, 0.5) is 16.2 Å². The first-order valence-electron chi connectivity index (χ1n) is 8.66. The van der Waals surface area contributed by atoms with E-state index in [1.165, 1.54) is 11.3 Å². The van der Waals surface area contributed by atoms with Crippen molar-refractivity contribution in [2.45, 2.75) is 32.8 Å². The Morgan fingerprint density at radius 1 is 1.15 bits per heavy atom. The first kappa shape index (κ1) is 18.4. The van der Waals surface area contributed by atoms with Crippen LogP contribution in [-0.2, 0) is 4.74 Å². The molecule has 0 saturated carbocycles. The molecule has 0 spiro atoms. The predicted molar refractivity (Wildman–Crippen MR) is 104 cm³/mol. The van der Waals surface area contributed by atoms with Crippen LogP contribution in [0.5, 0.6) is 0 Å². The zero-order valence-electron chi connectivity index (χ0n) is 14.9. The van der Waals surface area contributed by atoms with Gasteiger partial charge in [0.1, 0.15) is 0 Å². The van der Waals surface area contributed by atoms with E-state index in [9.17, 15) is 9.59 Å².